The van der Waals surface area contributed by atoms with Gasteiger partial charge in [0.05, 0.1) is 0 Å². The SMILES string of the molecule is CC1CCNC(C2CC2(C)C)CS1. The average Bonchev–Trinajstić information content (AvgIpc) is 2.71. The topological polar surface area (TPSA) is 12.0 Å². The minimum Gasteiger partial charge on any atom is -0.313 e. The Bertz CT molecular complexity index is 191. The molecule has 0 aromatic heterocycles. The van der Waals surface area contributed by atoms with Crippen molar-refractivity contribution < 1.29 is 0 Å². The fraction of sp³-hybridized carbons (Fsp3) is 1.00. The normalized spacial score (nSPS) is 44.1. The van der Waals surface area contributed by atoms with Crippen LogP contribution in [0.25, 0.3) is 0 Å². The van der Waals surface area contributed by atoms with Crippen LogP contribution in [0.1, 0.15) is 33.6 Å². The Morgan fingerprint density at radius 3 is 2.69 bits per heavy atom. The van der Waals surface area contributed by atoms with Crippen LogP contribution in [0, 0.1) is 11.3 Å². The summed E-state index contributed by atoms with van der Waals surface area (Å²) in [5.74, 6) is 2.28. The van der Waals surface area contributed by atoms with Gasteiger partial charge in [0, 0.05) is 17.0 Å². The summed E-state index contributed by atoms with van der Waals surface area (Å²) >= 11 is 2.15. The molecule has 0 aromatic carbocycles. The Hall–Kier alpha value is 0.310. The van der Waals surface area contributed by atoms with Crippen molar-refractivity contribution in [3.05, 3.63) is 0 Å². The third-order valence-electron chi connectivity index (χ3n) is 3.59. The Morgan fingerprint density at radius 2 is 2.08 bits per heavy atom. The van der Waals surface area contributed by atoms with Crippen molar-refractivity contribution in [1.29, 1.82) is 0 Å². The molecule has 0 radical (unpaired) electrons. The van der Waals surface area contributed by atoms with Crippen LogP contribution < -0.4 is 5.32 Å². The van der Waals surface area contributed by atoms with Gasteiger partial charge in [-0.1, -0.05) is 20.8 Å². The van der Waals surface area contributed by atoms with Gasteiger partial charge in [-0.2, -0.15) is 11.8 Å². The van der Waals surface area contributed by atoms with Crippen LogP contribution in [-0.2, 0) is 0 Å². The summed E-state index contributed by atoms with van der Waals surface area (Å²) in [6.07, 6.45) is 2.77. The van der Waals surface area contributed by atoms with Gasteiger partial charge >= 0.3 is 0 Å². The van der Waals surface area contributed by atoms with Gasteiger partial charge in [0.25, 0.3) is 0 Å². The molecule has 0 amide bonds. The zero-order chi connectivity index (χ0) is 9.47. The second-order valence-corrected chi connectivity index (χ2v) is 6.76. The first-order valence-electron chi connectivity index (χ1n) is 5.44. The fourth-order valence-electron chi connectivity index (χ4n) is 2.34. The highest BCUT2D eigenvalue weighted by molar-refractivity contribution is 7.99. The van der Waals surface area contributed by atoms with Gasteiger partial charge in [0.2, 0.25) is 0 Å². The molecule has 1 saturated carbocycles. The molecule has 0 spiro atoms. The van der Waals surface area contributed by atoms with Crippen molar-refractivity contribution in [2.75, 3.05) is 12.3 Å². The predicted octanol–water partition coefficient (Wildman–Crippen LogP) is 2.52. The first-order valence-corrected chi connectivity index (χ1v) is 6.49. The smallest absolute Gasteiger partial charge is 0.0191 e. The number of nitrogens with one attached hydrogen (secondary N) is 1. The molecule has 1 N–H and O–H groups in total. The summed E-state index contributed by atoms with van der Waals surface area (Å²) in [6, 6.07) is 0.796. The molecule has 2 aliphatic rings. The summed E-state index contributed by atoms with van der Waals surface area (Å²) in [5, 5.41) is 4.57. The zero-order valence-corrected chi connectivity index (χ0v) is 9.79. The molecule has 0 bridgehead atoms. The van der Waals surface area contributed by atoms with Crippen LogP contribution in [0.4, 0.5) is 0 Å². The van der Waals surface area contributed by atoms with Gasteiger partial charge in [-0.25, -0.2) is 0 Å². The van der Waals surface area contributed by atoms with E-state index in [4.69, 9.17) is 0 Å². The van der Waals surface area contributed by atoms with E-state index < -0.39 is 0 Å². The van der Waals surface area contributed by atoms with Gasteiger partial charge < -0.3 is 5.32 Å². The zero-order valence-electron chi connectivity index (χ0n) is 8.97. The molecular weight excluding hydrogens is 178 g/mol. The van der Waals surface area contributed by atoms with Crippen molar-refractivity contribution in [2.45, 2.75) is 44.9 Å². The Labute approximate surface area is 86.0 Å². The number of hydrogen-bond donors (Lipinski definition) is 1. The molecule has 13 heavy (non-hydrogen) atoms. The molecule has 0 aromatic rings. The van der Waals surface area contributed by atoms with Gasteiger partial charge in [0.1, 0.15) is 0 Å². The van der Waals surface area contributed by atoms with E-state index >= 15 is 0 Å². The van der Waals surface area contributed by atoms with Gasteiger partial charge in [-0.05, 0) is 30.7 Å². The highest BCUT2D eigenvalue weighted by Crippen LogP contribution is 2.54. The second kappa shape index (κ2) is 3.47. The summed E-state index contributed by atoms with van der Waals surface area (Å²) in [7, 11) is 0. The Balaban J connectivity index is 1.87. The standard InChI is InChI=1S/C11H21NS/c1-8-4-5-12-10(7-13-8)9-6-11(9,2)3/h8-10,12H,4-7H2,1-3H3. The second-order valence-electron chi connectivity index (χ2n) is 5.29. The van der Waals surface area contributed by atoms with E-state index in [0.29, 0.717) is 5.41 Å². The summed E-state index contributed by atoms with van der Waals surface area (Å²) < 4.78 is 0. The molecule has 3 unspecified atom stereocenters. The first kappa shape index (κ1) is 9.85. The molecule has 76 valence electrons. The van der Waals surface area contributed by atoms with Gasteiger partial charge in [0.15, 0.2) is 0 Å². The third-order valence-corrected chi connectivity index (χ3v) is 4.95. The van der Waals surface area contributed by atoms with E-state index in [1.807, 2.05) is 0 Å². The van der Waals surface area contributed by atoms with Gasteiger partial charge in [-0.3, -0.25) is 0 Å². The summed E-state index contributed by atoms with van der Waals surface area (Å²) in [5.41, 5.74) is 0.631. The average molecular weight is 199 g/mol. The van der Waals surface area contributed by atoms with Gasteiger partial charge in [-0.15, -0.1) is 0 Å². The maximum Gasteiger partial charge on any atom is 0.0191 e. The lowest BCUT2D eigenvalue weighted by Gasteiger charge is -2.16. The Kier molecular flexibility index (Phi) is 2.63. The van der Waals surface area contributed by atoms with E-state index in [1.165, 1.54) is 25.1 Å². The van der Waals surface area contributed by atoms with Crippen LogP contribution in [0.2, 0.25) is 0 Å². The van der Waals surface area contributed by atoms with Crippen molar-refractivity contribution in [3.8, 4) is 0 Å². The maximum absolute atomic E-state index is 3.71. The predicted molar refractivity (Wildman–Crippen MR) is 60.2 cm³/mol. The lowest BCUT2D eigenvalue weighted by Crippen LogP contribution is -2.33. The fourth-order valence-corrected chi connectivity index (χ4v) is 3.51. The molecule has 1 nitrogen and oxygen atoms in total. The molecular formula is C11H21NS. The minimum atomic E-state index is 0.631. The molecule has 1 aliphatic heterocycles. The van der Waals surface area contributed by atoms with E-state index in [0.717, 1.165) is 17.2 Å². The van der Waals surface area contributed by atoms with Crippen LogP contribution in [-0.4, -0.2) is 23.6 Å². The van der Waals surface area contributed by atoms with Crippen molar-refractivity contribution in [2.24, 2.45) is 11.3 Å². The molecule has 1 heterocycles. The molecule has 1 saturated heterocycles. The molecule has 1 aliphatic carbocycles. The summed E-state index contributed by atoms with van der Waals surface area (Å²) in [6.45, 7) is 8.38. The van der Waals surface area contributed by atoms with Crippen LogP contribution in [0.5, 0.6) is 0 Å². The van der Waals surface area contributed by atoms with Crippen LogP contribution in [0.15, 0.2) is 0 Å². The quantitative estimate of drug-likeness (QED) is 0.696. The molecule has 2 rings (SSSR count). The lowest BCUT2D eigenvalue weighted by atomic mass is 10.1. The minimum absolute atomic E-state index is 0.631. The largest absolute Gasteiger partial charge is 0.313 e. The van der Waals surface area contributed by atoms with E-state index in [-0.39, 0.29) is 0 Å². The highest BCUT2D eigenvalue weighted by Gasteiger charge is 2.49. The van der Waals surface area contributed by atoms with Crippen molar-refractivity contribution in [3.63, 3.8) is 0 Å². The van der Waals surface area contributed by atoms with E-state index in [9.17, 15) is 0 Å². The van der Waals surface area contributed by atoms with Crippen molar-refractivity contribution >= 4 is 11.8 Å². The molecule has 2 fully saturated rings. The van der Waals surface area contributed by atoms with E-state index in [2.05, 4.69) is 37.8 Å². The summed E-state index contributed by atoms with van der Waals surface area (Å²) in [4.78, 5) is 0. The van der Waals surface area contributed by atoms with Crippen LogP contribution in [0.3, 0.4) is 0 Å². The van der Waals surface area contributed by atoms with E-state index in [1.54, 1.807) is 0 Å². The number of hydrogen-bond acceptors (Lipinski definition) is 2. The van der Waals surface area contributed by atoms with Crippen LogP contribution >= 0.6 is 11.8 Å². The number of thioether (sulfide) groups is 1. The maximum atomic E-state index is 3.71. The monoisotopic (exact) mass is 199 g/mol. The molecule has 2 heteroatoms. The molecule has 3 atom stereocenters. The lowest BCUT2D eigenvalue weighted by molar-refractivity contribution is 0.436. The third kappa shape index (κ3) is 2.21. The van der Waals surface area contributed by atoms with Crippen molar-refractivity contribution in [1.82, 2.24) is 5.32 Å². The first-order chi connectivity index (χ1) is 6.09. The number of rotatable bonds is 1. The highest BCUT2D eigenvalue weighted by atomic mass is 32.2. The Morgan fingerprint density at radius 1 is 1.38 bits per heavy atom.